The second-order valence-electron chi connectivity index (χ2n) is 3.81. The van der Waals surface area contributed by atoms with E-state index in [1.54, 1.807) is 31.4 Å². The first kappa shape index (κ1) is 14.8. The summed E-state index contributed by atoms with van der Waals surface area (Å²) in [7, 11) is 1.57. The molecule has 0 saturated carbocycles. The molecule has 0 bridgehead atoms. The lowest BCUT2D eigenvalue weighted by Gasteiger charge is -2.08. The molecule has 0 heterocycles. The predicted molar refractivity (Wildman–Crippen MR) is 69.7 cm³/mol. The van der Waals surface area contributed by atoms with Crippen molar-refractivity contribution in [2.24, 2.45) is 0 Å². The van der Waals surface area contributed by atoms with Crippen molar-refractivity contribution in [2.45, 2.75) is 19.8 Å². The zero-order valence-electron chi connectivity index (χ0n) is 11.1. The van der Waals surface area contributed by atoms with Crippen LogP contribution in [0.1, 0.15) is 19.8 Å². The molecule has 1 aromatic carbocycles. The van der Waals surface area contributed by atoms with Crippen molar-refractivity contribution >= 4 is 11.8 Å². The minimum atomic E-state index is -0.416. The fourth-order valence-corrected chi connectivity index (χ4v) is 1.29. The van der Waals surface area contributed by atoms with Gasteiger partial charge in [0.1, 0.15) is 11.5 Å². The summed E-state index contributed by atoms with van der Waals surface area (Å²) in [6.45, 7) is 1.72. The zero-order chi connectivity index (χ0) is 14.1. The van der Waals surface area contributed by atoms with Gasteiger partial charge in [-0.15, -0.1) is 0 Å². The van der Waals surface area contributed by atoms with E-state index >= 15 is 0 Å². The molecule has 0 atom stereocenters. The van der Waals surface area contributed by atoms with Crippen LogP contribution in [0, 0.1) is 0 Å². The molecule has 0 aliphatic carbocycles. The third-order valence-electron chi connectivity index (χ3n) is 2.25. The third-order valence-corrected chi connectivity index (χ3v) is 2.25. The highest BCUT2D eigenvalue weighted by atomic mass is 16.5. The molecular formula is C13H18N2O4. The van der Waals surface area contributed by atoms with E-state index < -0.39 is 5.91 Å². The van der Waals surface area contributed by atoms with Crippen LogP contribution in [0.25, 0.3) is 0 Å². The SMILES string of the molecule is CCCC(=O)NNC(=O)COc1ccc(OC)cc1. The van der Waals surface area contributed by atoms with E-state index in [0.717, 1.165) is 6.42 Å². The van der Waals surface area contributed by atoms with Crippen LogP contribution in [0.15, 0.2) is 24.3 Å². The number of nitrogens with one attached hydrogen (secondary N) is 2. The van der Waals surface area contributed by atoms with E-state index in [1.165, 1.54) is 0 Å². The Morgan fingerprint density at radius 1 is 1.05 bits per heavy atom. The van der Waals surface area contributed by atoms with Crippen LogP contribution in [-0.2, 0) is 9.59 Å². The van der Waals surface area contributed by atoms with Crippen molar-refractivity contribution in [1.82, 2.24) is 10.9 Å². The van der Waals surface area contributed by atoms with Crippen LogP contribution >= 0.6 is 0 Å². The zero-order valence-corrected chi connectivity index (χ0v) is 11.1. The van der Waals surface area contributed by atoms with E-state index in [0.29, 0.717) is 17.9 Å². The van der Waals surface area contributed by atoms with Crippen molar-refractivity contribution in [3.05, 3.63) is 24.3 Å². The molecule has 0 aliphatic rings. The van der Waals surface area contributed by atoms with Gasteiger partial charge in [0.25, 0.3) is 5.91 Å². The Balaban J connectivity index is 2.27. The molecule has 2 amide bonds. The fraction of sp³-hybridized carbons (Fsp3) is 0.385. The van der Waals surface area contributed by atoms with Crippen molar-refractivity contribution in [2.75, 3.05) is 13.7 Å². The molecule has 19 heavy (non-hydrogen) atoms. The number of hydrazine groups is 1. The molecule has 0 saturated heterocycles. The number of benzene rings is 1. The Hall–Kier alpha value is -2.24. The minimum Gasteiger partial charge on any atom is -0.497 e. The summed E-state index contributed by atoms with van der Waals surface area (Å²) in [4.78, 5) is 22.5. The van der Waals surface area contributed by atoms with Gasteiger partial charge in [0.15, 0.2) is 6.61 Å². The van der Waals surface area contributed by atoms with E-state index in [2.05, 4.69) is 10.9 Å². The van der Waals surface area contributed by atoms with Gasteiger partial charge in [0.05, 0.1) is 7.11 Å². The number of methoxy groups -OCH3 is 1. The van der Waals surface area contributed by atoms with Gasteiger partial charge >= 0.3 is 0 Å². The first-order valence-electron chi connectivity index (χ1n) is 6.00. The van der Waals surface area contributed by atoms with Crippen molar-refractivity contribution < 1.29 is 19.1 Å². The highest BCUT2D eigenvalue weighted by Gasteiger charge is 2.04. The number of hydrogen-bond donors (Lipinski definition) is 2. The number of rotatable bonds is 6. The minimum absolute atomic E-state index is 0.168. The predicted octanol–water partition coefficient (Wildman–Crippen LogP) is 1.02. The molecule has 1 rings (SSSR count). The van der Waals surface area contributed by atoms with Crippen LogP contribution in [-0.4, -0.2) is 25.5 Å². The van der Waals surface area contributed by atoms with Crippen molar-refractivity contribution in [1.29, 1.82) is 0 Å². The normalized spacial score (nSPS) is 9.58. The van der Waals surface area contributed by atoms with Crippen LogP contribution < -0.4 is 20.3 Å². The van der Waals surface area contributed by atoms with Crippen molar-refractivity contribution in [3.63, 3.8) is 0 Å². The van der Waals surface area contributed by atoms with Gasteiger partial charge in [-0.1, -0.05) is 6.92 Å². The lowest BCUT2D eigenvalue weighted by molar-refractivity contribution is -0.130. The summed E-state index contributed by atoms with van der Waals surface area (Å²) in [5, 5.41) is 0. The van der Waals surface area contributed by atoms with E-state index in [-0.39, 0.29) is 12.5 Å². The summed E-state index contributed by atoms with van der Waals surface area (Å²) in [5.74, 6) is 0.625. The molecule has 0 spiro atoms. The number of carbonyl (C=O) groups is 2. The first-order chi connectivity index (χ1) is 9.15. The van der Waals surface area contributed by atoms with Crippen LogP contribution in [0.3, 0.4) is 0 Å². The summed E-state index contributed by atoms with van der Waals surface area (Å²) >= 11 is 0. The largest absolute Gasteiger partial charge is 0.497 e. The molecule has 6 nitrogen and oxygen atoms in total. The monoisotopic (exact) mass is 266 g/mol. The van der Waals surface area contributed by atoms with Crippen LogP contribution in [0.2, 0.25) is 0 Å². The summed E-state index contributed by atoms with van der Waals surface area (Å²) in [6, 6.07) is 6.86. The molecule has 2 N–H and O–H groups in total. The van der Waals surface area contributed by atoms with E-state index in [9.17, 15) is 9.59 Å². The molecule has 0 fully saturated rings. The topological polar surface area (TPSA) is 76.7 Å². The highest BCUT2D eigenvalue weighted by molar-refractivity contribution is 5.82. The van der Waals surface area contributed by atoms with Crippen LogP contribution in [0.4, 0.5) is 0 Å². The van der Waals surface area contributed by atoms with E-state index in [4.69, 9.17) is 9.47 Å². The lowest BCUT2D eigenvalue weighted by Crippen LogP contribution is -2.43. The van der Waals surface area contributed by atoms with Crippen LogP contribution in [0.5, 0.6) is 11.5 Å². The van der Waals surface area contributed by atoms with Gasteiger partial charge in [0.2, 0.25) is 5.91 Å². The van der Waals surface area contributed by atoms with Gasteiger partial charge in [0, 0.05) is 6.42 Å². The Kier molecular flexibility index (Phi) is 6.21. The Bertz CT molecular complexity index is 417. The Morgan fingerprint density at radius 2 is 1.63 bits per heavy atom. The summed E-state index contributed by atoms with van der Waals surface area (Å²) in [6.07, 6.45) is 1.10. The standard InChI is InChI=1S/C13H18N2O4/c1-3-4-12(16)14-15-13(17)9-19-11-7-5-10(18-2)6-8-11/h5-8H,3-4,9H2,1-2H3,(H,14,16)(H,15,17). The third kappa shape index (κ3) is 5.76. The van der Waals surface area contributed by atoms with Gasteiger partial charge in [-0.25, -0.2) is 0 Å². The number of amides is 2. The molecule has 0 radical (unpaired) electrons. The second-order valence-corrected chi connectivity index (χ2v) is 3.81. The highest BCUT2D eigenvalue weighted by Crippen LogP contribution is 2.16. The quantitative estimate of drug-likeness (QED) is 0.754. The number of carbonyl (C=O) groups excluding carboxylic acids is 2. The molecule has 104 valence electrons. The molecular weight excluding hydrogens is 248 g/mol. The maximum absolute atomic E-state index is 11.4. The average Bonchev–Trinajstić information content (AvgIpc) is 2.44. The second kappa shape index (κ2) is 7.97. The molecule has 1 aromatic rings. The fourth-order valence-electron chi connectivity index (χ4n) is 1.29. The van der Waals surface area contributed by atoms with Crippen molar-refractivity contribution in [3.8, 4) is 11.5 Å². The summed E-state index contributed by atoms with van der Waals surface area (Å²) < 4.78 is 10.2. The van der Waals surface area contributed by atoms with Gasteiger partial charge in [-0.3, -0.25) is 20.4 Å². The Morgan fingerprint density at radius 3 is 2.21 bits per heavy atom. The van der Waals surface area contributed by atoms with E-state index in [1.807, 2.05) is 6.92 Å². The molecule has 0 unspecified atom stereocenters. The maximum atomic E-state index is 11.4. The number of hydrogen-bond acceptors (Lipinski definition) is 4. The maximum Gasteiger partial charge on any atom is 0.276 e. The first-order valence-corrected chi connectivity index (χ1v) is 6.00. The lowest BCUT2D eigenvalue weighted by atomic mass is 10.3. The summed E-state index contributed by atoms with van der Waals surface area (Å²) in [5.41, 5.74) is 4.57. The van der Waals surface area contributed by atoms with Gasteiger partial charge < -0.3 is 9.47 Å². The smallest absolute Gasteiger partial charge is 0.276 e. The Labute approximate surface area is 112 Å². The molecule has 6 heteroatoms. The van der Waals surface area contributed by atoms with Gasteiger partial charge in [-0.05, 0) is 30.7 Å². The molecule has 0 aromatic heterocycles. The molecule has 0 aliphatic heterocycles. The average molecular weight is 266 g/mol. The van der Waals surface area contributed by atoms with Gasteiger partial charge in [-0.2, -0.15) is 0 Å². The number of ether oxygens (including phenoxy) is 2.